The average Bonchev–Trinajstić information content (AvgIpc) is 2.50. The Hall–Kier alpha value is -0.830. The van der Waals surface area contributed by atoms with Crippen molar-refractivity contribution < 1.29 is 0 Å². The van der Waals surface area contributed by atoms with Crippen LogP contribution in [0.25, 0.3) is 0 Å². The molecule has 0 saturated carbocycles. The molecule has 12 heavy (non-hydrogen) atoms. The summed E-state index contributed by atoms with van der Waals surface area (Å²) in [6, 6.07) is 0. The number of hydrogen-bond acceptors (Lipinski definition) is 2. The summed E-state index contributed by atoms with van der Waals surface area (Å²) in [6.07, 6.45) is 6.16. The van der Waals surface area contributed by atoms with Crippen molar-refractivity contribution in [2.24, 2.45) is 0 Å². The van der Waals surface area contributed by atoms with E-state index in [0.717, 1.165) is 25.9 Å². The number of aryl methyl sites for hydroxylation is 1. The van der Waals surface area contributed by atoms with Gasteiger partial charge in [-0.25, -0.2) is 4.98 Å². The zero-order chi connectivity index (χ0) is 8.81. The highest BCUT2D eigenvalue weighted by molar-refractivity contribution is 4.92. The van der Waals surface area contributed by atoms with E-state index in [1.807, 2.05) is 19.4 Å². The van der Waals surface area contributed by atoms with E-state index < -0.39 is 0 Å². The van der Waals surface area contributed by atoms with Crippen molar-refractivity contribution in [2.75, 3.05) is 13.6 Å². The summed E-state index contributed by atoms with van der Waals surface area (Å²) in [5.74, 6) is 1.20. The SMILES string of the molecule is CCCc1nccn1CCNC. The van der Waals surface area contributed by atoms with Crippen LogP contribution in [0.4, 0.5) is 0 Å². The minimum Gasteiger partial charge on any atom is -0.334 e. The van der Waals surface area contributed by atoms with Crippen molar-refractivity contribution in [1.82, 2.24) is 14.9 Å². The lowest BCUT2D eigenvalue weighted by molar-refractivity contribution is 0.610. The molecule has 1 aromatic heterocycles. The summed E-state index contributed by atoms with van der Waals surface area (Å²) < 4.78 is 2.21. The molecular weight excluding hydrogens is 150 g/mol. The maximum atomic E-state index is 4.29. The first-order valence-corrected chi connectivity index (χ1v) is 4.53. The van der Waals surface area contributed by atoms with Gasteiger partial charge >= 0.3 is 0 Å². The van der Waals surface area contributed by atoms with Gasteiger partial charge in [-0.15, -0.1) is 0 Å². The zero-order valence-electron chi connectivity index (χ0n) is 7.88. The lowest BCUT2D eigenvalue weighted by atomic mass is 10.3. The molecular formula is C9H17N3. The number of likely N-dealkylation sites (N-methyl/N-ethyl adjacent to an activating group) is 1. The normalized spacial score (nSPS) is 10.5. The van der Waals surface area contributed by atoms with Crippen LogP contribution in [0.3, 0.4) is 0 Å². The quantitative estimate of drug-likeness (QED) is 0.710. The Labute approximate surface area is 73.8 Å². The fourth-order valence-electron chi connectivity index (χ4n) is 1.23. The van der Waals surface area contributed by atoms with Gasteiger partial charge in [-0.3, -0.25) is 0 Å². The first kappa shape index (κ1) is 9.26. The standard InChI is InChI=1S/C9H17N3/c1-3-4-9-11-6-8-12(9)7-5-10-2/h6,8,10H,3-5,7H2,1-2H3. The van der Waals surface area contributed by atoms with Crippen molar-refractivity contribution in [1.29, 1.82) is 0 Å². The second-order valence-corrected chi connectivity index (χ2v) is 2.89. The summed E-state index contributed by atoms with van der Waals surface area (Å²) in [4.78, 5) is 4.29. The molecule has 0 aliphatic carbocycles. The molecule has 0 fully saturated rings. The van der Waals surface area contributed by atoms with Crippen LogP contribution in [-0.4, -0.2) is 23.1 Å². The van der Waals surface area contributed by atoms with E-state index in [9.17, 15) is 0 Å². The lowest BCUT2D eigenvalue weighted by Crippen LogP contribution is -2.16. The molecule has 3 nitrogen and oxygen atoms in total. The molecule has 0 aliphatic rings. The Morgan fingerprint density at radius 3 is 3.08 bits per heavy atom. The topological polar surface area (TPSA) is 29.9 Å². The first-order chi connectivity index (χ1) is 5.88. The second-order valence-electron chi connectivity index (χ2n) is 2.89. The van der Waals surface area contributed by atoms with Gasteiger partial charge in [-0.05, 0) is 13.5 Å². The fraction of sp³-hybridized carbons (Fsp3) is 0.667. The van der Waals surface area contributed by atoms with Crippen LogP contribution in [0.15, 0.2) is 12.4 Å². The third-order valence-electron chi connectivity index (χ3n) is 1.88. The van der Waals surface area contributed by atoms with Crippen LogP contribution in [-0.2, 0) is 13.0 Å². The number of imidazole rings is 1. The van der Waals surface area contributed by atoms with E-state index in [1.165, 1.54) is 5.82 Å². The Morgan fingerprint density at radius 1 is 1.58 bits per heavy atom. The molecule has 0 aromatic carbocycles. The van der Waals surface area contributed by atoms with Crippen LogP contribution < -0.4 is 5.32 Å². The van der Waals surface area contributed by atoms with Gasteiger partial charge < -0.3 is 9.88 Å². The maximum absolute atomic E-state index is 4.29. The van der Waals surface area contributed by atoms with Crippen molar-refractivity contribution in [2.45, 2.75) is 26.3 Å². The number of aromatic nitrogens is 2. The van der Waals surface area contributed by atoms with E-state index in [1.54, 1.807) is 0 Å². The minimum atomic E-state index is 1.01. The summed E-state index contributed by atoms with van der Waals surface area (Å²) in [6.45, 7) is 4.20. The van der Waals surface area contributed by atoms with Crippen LogP contribution in [0.5, 0.6) is 0 Å². The van der Waals surface area contributed by atoms with Gasteiger partial charge in [0.25, 0.3) is 0 Å². The van der Waals surface area contributed by atoms with E-state index in [2.05, 4.69) is 21.8 Å². The fourth-order valence-corrected chi connectivity index (χ4v) is 1.23. The van der Waals surface area contributed by atoms with E-state index in [-0.39, 0.29) is 0 Å². The summed E-state index contributed by atoms with van der Waals surface area (Å²) >= 11 is 0. The maximum Gasteiger partial charge on any atom is 0.108 e. The number of nitrogens with zero attached hydrogens (tertiary/aromatic N) is 2. The van der Waals surface area contributed by atoms with Crippen molar-refractivity contribution in [3.8, 4) is 0 Å². The van der Waals surface area contributed by atoms with Gasteiger partial charge in [-0.2, -0.15) is 0 Å². The molecule has 0 amide bonds. The average molecular weight is 167 g/mol. The van der Waals surface area contributed by atoms with Crippen LogP contribution in [0, 0.1) is 0 Å². The number of nitrogens with one attached hydrogen (secondary N) is 1. The van der Waals surface area contributed by atoms with E-state index in [4.69, 9.17) is 0 Å². The summed E-state index contributed by atoms with van der Waals surface area (Å²) in [7, 11) is 1.97. The molecule has 0 unspecified atom stereocenters. The van der Waals surface area contributed by atoms with Crippen LogP contribution in [0.1, 0.15) is 19.2 Å². The number of hydrogen-bond donors (Lipinski definition) is 1. The van der Waals surface area contributed by atoms with Crippen molar-refractivity contribution in [3.63, 3.8) is 0 Å². The Morgan fingerprint density at radius 2 is 2.42 bits per heavy atom. The van der Waals surface area contributed by atoms with Gasteiger partial charge in [-0.1, -0.05) is 6.92 Å². The van der Waals surface area contributed by atoms with Gasteiger partial charge in [0.1, 0.15) is 5.82 Å². The highest BCUT2D eigenvalue weighted by Crippen LogP contribution is 2.00. The predicted molar refractivity (Wildman–Crippen MR) is 50.1 cm³/mol. The Balaban J connectivity index is 2.51. The monoisotopic (exact) mass is 167 g/mol. The number of rotatable bonds is 5. The zero-order valence-corrected chi connectivity index (χ0v) is 7.88. The largest absolute Gasteiger partial charge is 0.334 e. The molecule has 0 spiro atoms. The van der Waals surface area contributed by atoms with Crippen LogP contribution >= 0.6 is 0 Å². The van der Waals surface area contributed by atoms with Crippen molar-refractivity contribution in [3.05, 3.63) is 18.2 Å². The summed E-state index contributed by atoms with van der Waals surface area (Å²) in [5, 5.41) is 3.13. The van der Waals surface area contributed by atoms with Gasteiger partial charge in [0.05, 0.1) is 0 Å². The molecule has 1 aromatic rings. The molecule has 0 atom stereocenters. The second kappa shape index (κ2) is 4.93. The van der Waals surface area contributed by atoms with Crippen LogP contribution in [0.2, 0.25) is 0 Å². The van der Waals surface area contributed by atoms with Gasteiger partial charge in [0.15, 0.2) is 0 Å². The summed E-state index contributed by atoms with van der Waals surface area (Å²) in [5.41, 5.74) is 0. The molecule has 1 heterocycles. The minimum absolute atomic E-state index is 1.01. The van der Waals surface area contributed by atoms with Gasteiger partial charge in [0, 0.05) is 31.9 Å². The van der Waals surface area contributed by atoms with Crippen molar-refractivity contribution >= 4 is 0 Å². The molecule has 0 aliphatic heterocycles. The molecule has 0 bridgehead atoms. The molecule has 0 saturated heterocycles. The van der Waals surface area contributed by atoms with Gasteiger partial charge in [0.2, 0.25) is 0 Å². The predicted octanol–water partition coefficient (Wildman–Crippen LogP) is 1.05. The Bertz CT molecular complexity index is 217. The smallest absolute Gasteiger partial charge is 0.108 e. The van der Waals surface area contributed by atoms with E-state index in [0.29, 0.717) is 0 Å². The molecule has 1 rings (SSSR count). The molecule has 1 N–H and O–H groups in total. The third kappa shape index (κ3) is 2.34. The third-order valence-corrected chi connectivity index (χ3v) is 1.88. The Kier molecular flexibility index (Phi) is 3.80. The molecule has 0 radical (unpaired) electrons. The molecule has 68 valence electrons. The first-order valence-electron chi connectivity index (χ1n) is 4.53. The highest BCUT2D eigenvalue weighted by atomic mass is 15.1. The highest BCUT2D eigenvalue weighted by Gasteiger charge is 1.99. The lowest BCUT2D eigenvalue weighted by Gasteiger charge is -2.05. The molecule has 3 heteroatoms. The van der Waals surface area contributed by atoms with E-state index >= 15 is 0 Å².